The maximum absolute atomic E-state index is 12.2. The van der Waals surface area contributed by atoms with Crippen molar-refractivity contribution < 1.29 is 9.32 Å². The van der Waals surface area contributed by atoms with Crippen LogP contribution in [0.5, 0.6) is 0 Å². The molecular formula is C20H16N6O2S. The summed E-state index contributed by atoms with van der Waals surface area (Å²) in [5, 5.41) is 15.7. The number of hydrogen-bond donors (Lipinski definition) is 3. The molecule has 144 valence electrons. The second-order valence-corrected chi connectivity index (χ2v) is 7.01. The van der Waals surface area contributed by atoms with Crippen LogP contribution in [0.3, 0.4) is 0 Å². The molecule has 0 saturated heterocycles. The third-order valence-electron chi connectivity index (χ3n) is 4.00. The molecular weight excluding hydrogens is 388 g/mol. The molecule has 0 bridgehead atoms. The molecule has 0 spiro atoms. The first-order valence-corrected chi connectivity index (χ1v) is 9.58. The Kier molecular flexibility index (Phi) is 5.39. The molecule has 0 atom stereocenters. The number of allylic oxidation sites excluding steroid dienone is 1. The first-order chi connectivity index (χ1) is 14.2. The number of carbonyl (C=O) groups excluding carboxylic acids is 1. The number of nitrogens with one attached hydrogen (secondary N) is 3. The van der Waals surface area contributed by atoms with Gasteiger partial charge in [0.05, 0.1) is 18.4 Å². The van der Waals surface area contributed by atoms with E-state index in [0.717, 1.165) is 21.7 Å². The normalized spacial score (nSPS) is 11.0. The van der Waals surface area contributed by atoms with E-state index < -0.39 is 5.91 Å². The highest BCUT2D eigenvalue weighted by Gasteiger charge is 2.16. The lowest BCUT2D eigenvalue weighted by Gasteiger charge is -2.00. The lowest BCUT2D eigenvalue weighted by Crippen LogP contribution is -2.22. The minimum absolute atomic E-state index is 0.0810. The van der Waals surface area contributed by atoms with Crippen molar-refractivity contribution in [1.29, 1.82) is 5.41 Å². The van der Waals surface area contributed by atoms with Crippen molar-refractivity contribution in [3.05, 3.63) is 70.6 Å². The molecule has 0 radical (unpaired) electrons. The highest BCUT2D eigenvalue weighted by Crippen LogP contribution is 2.24. The summed E-state index contributed by atoms with van der Waals surface area (Å²) in [6, 6.07) is 11.4. The van der Waals surface area contributed by atoms with Crippen LogP contribution in [-0.4, -0.2) is 32.2 Å². The summed E-state index contributed by atoms with van der Waals surface area (Å²) in [6.45, 7) is 0.415. The number of hydrogen-bond acceptors (Lipinski definition) is 7. The SMILES string of the molecule is N=C/C=C\c1ncc(-c2cccc(-c3noc(C(=O)NCc4cccs4)n3)c2)[nH]1. The van der Waals surface area contributed by atoms with Crippen molar-refractivity contribution in [3.8, 4) is 22.6 Å². The molecule has 3 aromatic heterocycles. The Morgan fingerprint density at radius 3 is 3.00 bits per heavy atom. The van der Waals surface area contributed by atoms with Crippen LogP contribution >= 0.6 is 11.3 Å². The van der Waals surface area contributed by atoms with Crippen molar-refractivity contribution in [2.45, 2.75) is 6.54 Å². The van der Waals surface area contributed by atoms with E-state index in [-0.39, 0.29) is 5.89 Å². The molecule has 0 aliphatic heterocycles. The Labute approximate surface area is 169 Å². The van der Waals surface area contributed by atoms with Gasteiger partial charge in [0.1, 0.15) is 5.82 Å². The maximum atomic E-state index is 12.2. The second kappa shape index (κ2) is 8.44. The molecule has 0 unspecified atom stereocenters. The van der Waals surface area contributed by atoms with Gasteiger partial charge in [0.25, 0.3) is 0 Å². The van der Waals surface area contributed by atoms with Crippen LogP contribution in [0.4, 0.5) is 0 Å². The molecule has 3 heterocycles. The summed E-state index contributed by atoms with van der Waals surface area (Å²) in [4.78, 5) is 24.9. The highest BCUT2D eigenvalue weighted by atomic mass is 32.1. The number of nitrogens with zero attached hydrogens (tertiary/aromatic N) is 3. The van der Waals surface area contributed by atoms with E-state index >= 15 is 0 Å². The quantitative estimate of drug-likeness (QED) is 0.405. The van der Waals surface area contributed by atoms with Gasteiger partial charge in [-0.3, -0.25) is 4.79 Å². The topological polar surface area (TPSA) is 121 Å². The van der Waals surface area contributed by atoms with Crippen LogP contribution in [0.15, 0.2) is 58.6 Å². The Bertz CT molecular complexity index is 1160. The molecule has 0 aliphatic carbocycles. The fraction of sp³-hybridized carbons (Fsp3) is 0.0500. The number of carbonyl (C=O) groups is 1. The average molecular weight is 404 g/mol. The van der Waals surface area contributed by atoms with Crippen LogP contribution < -0.4 is 5.32 Å². The van der Waals surface area contributed by atoms with Crippen LogP contribution in [0.2, 0.25) is 0 Å². The van der Waals surface area contributed by atoms with E-state index in [1.165, 1.54) is 6.21 Å². The number of H-pyrrole nitrogens is 1. The lowest BCUT2D eigenvalue weighted by molar-refractivity contribution is 0.0907. The fourth-order valence-electron chi connectivity index (χ4n) is 2.62. The Morgan fingerprint density at radius 2 is 2.17 bits per heavy atom. The zero-order chi connectivity index (χ0) is 20.1. The molecule has 8 nitrogen and oxygen atoms in total. The standard InChI is InChI=1S/C20H16N6O2S/c21-8-2-7-17-22-12-16(24-17)13-4-1-5-14(10-13)18-25-20(28-26-18)19(27)23-11-15-6-3-9-29-15/h1-10,12,21H,11H2,(H,22,24)(H,23,27)/b7-2-,21-8?. The van der Waals surface area contributed by atoms with Gasteiger partial charge in [0, 0.05) is 22.2 Å². The molecule has 4 aromatic rings. The van der Waals surface area contributed by atoms with Crippen molar-refractivity contribution in [3.63, 3.8) is 0 Å². The molecule has 9 heteroatoms. The molecule has 1 aromatic carbocycles. The number of amides is 1. The number of benzene rings is 1. The van der Waals surface area contributed by atoms with E-state index in [4.69, 9.17) is 9.93 Å². The van der Waals surface area contributed by atoms with Crippen molar-refractivity contribution >= 4 is 29.5 Å². The summed E-state index contributed by atoms with van der Waals surface area (Å²) in [7, 11) is 0. The number of rotatable bonds is 7. The van der Waals surface area contributed by atoms with E-state index in [9.17, 15) is 4.79 Å². The third-order valence-corrected chi connectivity index (χ3v) is 4.88. The largest absolute Gasteiger partial charge is 0.343 e. The van der Waals surface area contributed by atoms with Crippen LogP contribution in [0.25, 0.3) is 28.7 Å². The predicted molar refractivity (Wildman–Crippen MR) is 111 cm³/mol. The second-order valence-electron chi connectivity index (χ2n) is 5.97. The molecule has 0 fully saturated rings. The van der Waals surface area contributed by atoms with Gasteiger partial charge in [0.15, 0.2) is 0 Å². The van der Waals surface area contributed by atoms with Gasteiger partial charge in [-0.1, -0.05) is 29.4 Å². The van der Waals surface area contributed by atoms with E-state index in [2.05, 4.69) is 25.4 Å². The lowest BCUT2D eigenvalue weighted by atomic mass is 10.1. The molecule has 0 aliphatic rings. The van der Waals surface area contributed by atoms with Crippen molar-refractivity contribution in [2.75, 3.05) is 0 Å². The zero-order valence-electron chi connectivity index (χ0n) is 15.1. The van der Waals surface area contributed by atoms with Crippen molar-refractivity contribution in [2.24, 2.45) is 0 Å². The Balaban J connectivity index is 1.50. The third kappa shape index (κ3) is 4.36. The van der Waals surface area contributed by atoms with Gasteiger partial charge in [-0.05, 0) is 29.7 Å². The first-order valence-electron chi connectivity index (χ1n) is 8.70. The summed E-state index contributed by atoms with van der Waals surface area (Å²) in [6.07, 6.45) is 6.19. The first kappa shape index (κ1) is 18.5. The molecule has 3 N–H and O–H groups in total. The number of imidazole rings is 1. The summed E-state index contributed by atoms with van der Waals surface area (Å²) in [5.41, 5.74) is 2.42. The fourth-order valence-corrected chi connectivity index (χ4v) is 3.27. The molecule has 1 amide bonds. The molecule has 4 rings (SSSR count). The Morgan fingerprint density at radius 1 is 1.28 bits per heavy atom. The summed E-state index contributed by atoms with van der Waals surface area (Å²) in [5.74, 6) is 0.488. The van der Waals surface area contributed by atoms with E-state index in [1.807, 2.05) is 41.8 Å². The van der Waals surface area contributed by atoms with Crippen LogP contribution in [0.1, 0.15) is 21.4 Å². The minimum atomic E-state index is -0.413. The van der Waals surface area contributed by atoms with Gasteiger partial charge < -0.3 is 20.2 Å². The van der Waals surface area contributed by atoms with Gasteiger partial charge in [-0.2, -0.15) is 4.98 Å². The van der Waals surface area contributed by atoms with Gasteiger partial charge in [-0.15, -0.1) is 11.3 Å². The zero-order valence-corrected chi connectivity index (χ0v) is 15.9. The average Bonchev–Trinajstić information content (AvgIpc) is 3.52. The van der Waals surface area contributed by atoms with Crippen molar-refractivity contribution in [1.82, 2.24) is 25.4 Å². The van der Waals surface area contributed by atoms with Gasteiger partial charge in [-0.25, -0.2) is 4.98 Å². The van der Waals surface area contributed by atoms with Crippen LogP contribution in [-0.2, 0) is 6.54 Å². The van der Waals surface area contributed by atoms with E-state index in [1.54, 1.807) is 29.7 Å². The van der Waals surface area contributed by atoms with Crippen LogP contribution in [0, 0.1) is 5.41 Å². The van der Waals surface area contributed by atoms with E-state index in [0.29, 0.717) is 18.2 Å². The number of aromatic nitrogens is 4. The van der Waals surface area contributed by atoms with Gasteiger partial charge in [0.2, 0.25) is 5.82 Å². The summed E-state index contributed by atoms with van der Waals surface area (Å²) >= 11 is 1.56. The maximum Gasteiger partial charge on any atom is 0.316 e. The minimum Gasteiger partial charge on any atom is -0.343 e. The molecule has 0 saturated carbocycles. The number of thiophene rings is 1. The summed E-state index contributed by atoms with van der Waals surface area (Å²) < 4.78 is 5.12. The number of aromatic amines is 1. The molecule has 29 heavy (non-hydrogen) atoms. The monoisotopic (exact) mass is 404 g/mol. The Hall–Kier alpha value is -3.85. The highest BCUT2D eigenvalue weighted by molar-refractivity contribution is 7.09. The predicted octanol–water partition coefficient (Wildman–Crippen LogP) is 3.78. The van der Waals surface area contributed by atoms with Gasteiger partial charge >= 0.3 is 11.8 Å². The smallest absolute Gasteiger partial charge is 0.316 e.